The Balaban J connectivity index is 1.17. The summed E-state index contributed by atoms with van der Waals surface area (Å²) in [6, 6.07) is 14.9. The van der Waals surface area contributed by atoms with Gasteiger partial charge in [-0.25, -0.2) is 4.98 Å². The van der Waals surface area contributed by atoms with E-state index in [0.717, 1.165) is 11.3 Å². The van der Waals surface area contributed by atoms with Crippen molar-refractivity contribution >= 4 is 28.4 Å². The van der Waals surface area contributed by atoms with Gasteiger partial charge in [0.15, 0.2) is 0 Å². The first-order chi connectivity index (χ1) is 24.5. The number of para-hydroxylation sites is 2. The lowest BCUT2D eigenvalue weighted by Gasteiger charge is -2.28. The summed E-state index contributed by atoms with van der Waals surface area (Å²) in [6.45, 7) is 10.1. The number of hydrogen-bond acceptors (Lipinski definition) is 11. The van der Waals surface area contributed by atoms with Crippen LogP contribution in [-0.4, -0.2) is 148 Å². The molecule has 0 saturated carbocycles. The fourth-order valence-corrected chi connectivity index (χ4v) is 5.81. The summed E-state index contributed by atoms with van der Waals surface area (Å²) < 4.78 is 30.4. The average Bonchev–Trinajstić information content (AvgIpc) is 3.12. The van der Waals surface area contributed by atoms with Crippen LogP contribution in [0, 0.1) is 6.92 Å². The highest BCUT2D eigenvalue weighted by atomic mass is 16.5. The maximum absolute atomic E-state index is 13.7. The number of anilines is 1. The molecule has 14 heteroatoms. The van der Waals surface area contributed by atoms with Crippen LogP contribution in [-0.2, 0) is 46.4 Å². The summed E-state index contributed by atoms with van der Waals surface area (Å²) in [5.41, 5.74) is 2.18. The lowest BCUT2D eigenvalue weighted by Crippen LogP contribution is -2.44. The standard InChI is InChI=1S/C36H50N6O8/c1-29-6-2-4-8-31(29)38-34(43)27-40-12-18-49-24-22-47-16-10-39(11-17-48-23-25-50-19-13-40)26-33-37-32-9-5-3-7-30(32)36(45)42(33)28-35(44)41-14-20-46-21-15-41/h2-9H,10-28H2,1H3,(H,38,43). The number of hydrogen-bond donors (Lipinski definition) is 1. The molecule has 0 radical (unpaired) electrons. The molecule has 3 aromatic rings. The van der Waals surface area contributed by atoms with Crippen LogP contribution in [0.4, 0.5) is 5.69 Å². The number of morpholine rings is 1. The van der Waals surface area contributed by atoms with Gasteiger partial charge in [0.05, 0.1) is 90.1 Å². The Kier molecular flexibility index (Phi) is 15.1. The number of carbonyl (C=O) groups is 2. The minimum absolute atomic E-state index is 0.0859. The molecule has 2 fully saturated rings. The smallest absolute Gasteiger partial charge is 0.261 e. The van der Waals surface area contributed by atoms with E-state index in [4.69, 9.17) is 28.7 Å². The third-order valence-corrected chi connectivity index (χ3v) is 8.70. The first-order valence-electron chi connectivity index (χ1n) is 17.4. The highest BCUT2D eigenvalue weighted by Crippen LogP contribution is 2.14. The van der Waals surface area contributed by atoms with Gasteiger partial charge in [0.25, 0.3) is 5.56 Å². The minimum atomic E-state index is -0.235. The van der Waals surface area contributed by atoms with Crippen LogP contribution in [0.25, 0.3) is 10.9 Å². The minimum Gasteiger partial charge on any atom is -0.378 e. The zero-order chi connectivity index (χ0) is 35.0. The van der Waals surface area contributed by atoms with Crippen molar-refractivity contribution in [1.29, 1.82) is 0 Å². The highest BCUT2D eigenvalue weighted by Gasteiger charge is 2.22. The zero-order valence-corrected chi connectivity index (χ0v) is 29.1. The fraction of sp³-hybridized carbons (Fsp3) is 0.556. The quantitative estimate of drug-likeness (QED) is 0.384. The summed E-state index contributed by atoms with van der Waals surface area (Å²) in [6.07, 6.45) is 0. The Morgan fingerprint density at radius 1 is 0.680 bits per heavy atom. The number of nitrogens with zero attached hydrogens (tertiary/aromatic N) is 5. The van der Waals surface area contributed by atoms with Gasteiger partial charge in [0.2, 0.25) is 11.8 Å². The van der Waals surface area contributed by atoms with Crippen LogP contribution >= 0.6 is 0 Å². The molecule has 0 spiro atoms. The second-order valence-electron chi connectivity index (χ2n) is 12.3. The largest absolute Gasteiger partial charge is 0.378 e. The number of nitrogens with one attached hydrogen (secondary N) is 1. The van der Waals surface area contributed by atoms with Gasteiger partial charge in [0.1, 0.15) is 12.4 Å². The van der Waals surface area contributed by atoms with Gasteiger partial charge < -0.3 is 33.9 Å². The van der Waals surface area contributed by atoms with Crippen molar-refractivity contribution < 1.29 is 33.3 Å². The summed E-state index contributed by atoms with van der Waals surface area (Å²) >= 11 is 0. The molecular weight excluding hydrogens is 644 g/mol. The summed E-state index contributed by atoms with van der Waals surface area (Å²) in [4.78, 5) is 50.4. The predicted molar refractivity (Wildman–Crippen MR) is 188 cm³/mol. The second kappa shape index (κ2) is 20.2. The molecule has 0 aliphatic carbocycles. The number of rotatable bonds is 7. The highest BCUT2D eigenvalue weighted by molar-refractivity contribution is 5.92. The summed E-state index contributed by atoms with van der Waals surface area (Å²) in [5, 5.41) is 3.47. The maximum atomic E-state index is 13.7. The van der Waals surface area contributed by atoms with Crippen molar-refractivity contribution in [3.8, 4) is 0 Å². The number of fused-ring (bicyclic) bond motifs is 1. The van der Waals surface area contributed by atoms with Crippen molar-refractivity contribution in [2.75, 3.05) is 117 Å². The van der Waals surface area contributed by atoms with Crippen molar-refractivity contribution in [1.82, 2.24) is 24.3 Å². The van der Waals surface area contributed by atoms with Gasteiger partial charge in [-0.1, -0.05) is 30.3 Å². The molecule has 1 N–H and O–H groups in total. The molecular formula is C36H50N6O8. The Bertz CT molecular complexity index is 1560. The first kappa shape index (κ1) is 37.5. The predicted octanol–water partition coefficient (Wildman–Crippen LogP) is 1.39. The fourth-order valence-electron chi connectivity index (χ4n) is 5.81. The molecule has 14 nitrogen and oxygen atoms in total. The van der Waals surface area contributed by atoms with E-state index in [1.807, 2.05) is 48.2 Å². The average molecular weight is 695 g/mol. The first-order valence-corrected chi connectivity index (χ1v) is 17.4. The number of aromatic nitrogens is 2. The molecule has 2 aromatic carbocycles. The number of carbonyl (C=O) groups excluding carboxylic acids is 2. The molecule has 2 aliphatic rings. The van der Waals surface area contributed by atoms with Crippen molar-refractivity contribution in [3.63, 3.8) is 0 Å². The zero-order valence-electron chi connectivity index (χ0n) is 29.1. The number of amides is 2. The monoisotopic (exact) mass is 694 g/mol. The van der Waals surface area contributed by atoms with Gasteiger partial charge in [-0.2, -0.15) is 0 Å². The van der Waals surface area contributed by atoms with E-state index in [0.29, 0.717) is 129 Å². The van der Waals surface area contributed by atoms with Crippen LogP contribution in [0.15, 0.2) is 53.3 Å². The molecule has 0 atom stereocenters. The molecule has 2 saturated heterocycles. The van der Waals surface area contributed by atoms with E-state index >= 15 is 0 Å². The molecule has 0 unspecified atom stereocenters. The lowest BCUT2D eigenvalue weighted by molar-refractivity contribution is -0.136. The number of benzene rings is 2. The molecule has 2 amide bonds. The molecule has 272 valence electrons. The van der Waals surface area contributed by atoms with E-state index in [2.05, 4.69) is 10.2 Å². The third-order valence-electron chi connectivity index (χ3n) is 8.70. The maximum Gasteiger partial charge on any atom is 0.261 e. The second-order valence-corrected chi connectivity index (χ2v) is 12.3. The molecule has 2 aliphatic heterocycles. The molecule has 1 aromatic heterocycles. The Labute approximate surface area is 293 Å². The van der Waals surface area contributed by atoms with E-state index in [1.165, 1.54) is 4.57 Å². The van der Waals surface area contributed by atoms with Crippen LogP contribution in [0.1, 0.15) is 11.4 Å². The lowest BCUT2D eigenvalue weighted by atomic mass is 10.2. The summed E-state index contributed by atoms with van der Waals surface area (Å²) in [7, 11) is 0. The van der Waals surface area contributed by atoms with E-state index in [1.54, 1.807) is 17.0 Å². The van der Waals surface area contributed by atoms with Crippen molar-refractivity contribution in [3.05, 3.63) is 70.3 Å². The topological polar surface area (TPSA) is 137 Å². The van der Waals surface area contributed by atoms with Gasteiger partial charge in [0, 0.05) is 45.0 Å². The van der Waals surface area contributed by atoms with E-state index in [9.17, 15) is 14.4 Å². The number of ether oxygens (including phenoxy) is 5. The Morgan fingerprint density at radius 3 is 1.86 bits per heavy atom. The normalized spacial score (nSPS) is 18.7. The van der Waals surface area contributed by atoms with Gasteiger partial charge in [-0.3, -0.25) is 28.8 Å². The van der Waals surface area contributed by atoms with Crippen LogP contribution in [0.5, 0.6) is 0 Å². The van der Waals surface area contributed by atoms with Crippen LogP contribution < -0.4 is 10.9 Å². The van der Waals surface area contributed by atoms with Crippen molar-refractivity contribution in [2.45, 2.75) is 20.0 Å². The SMILES string of the molecule is Cc1ccccc1NC(=O)CN1CCOCCOCCN(Cc2nc3ccccc3c(=O)n2CC(=O)N2CCOCC2)CCOCCOCC1. The van der Waals surface area contributed by atoms with Gasteiger partial charge >= 0.3 is 0 Å². The van der Waals surface area contributed by atoms with Crippen molar-refractivity contribution in [2.24, 2.45) is 0 Å². The molecule has 50 heavy (non-hydrogen) atoms. The Hall–Kier alpha value is -3.76. The van der Waals surface area contributed by atoms with E-state index < -0.39 is 0 Å². The molecule has 3 heterocycles. The van der Waals surface area contributed by atoms with E-state index in [-0.39, 0.29) is 30.5 Å². The molecule has 5 rings (SSSR count). The molecule has 0 bridgehead atoms. The van der Waals surface area contributed by atoms with Gasteiger partial charge in [-0.15, -0.1) is 0 Å². The van der Waals surface area contributed by atoms with Gasteiger partial charge in [-0.05, 0) is 30.7 Å². The third kappa shape index (κ3) is 11.7. The van der Waals surface area contributed by atoms with Crippen LogP contribution in [0.3, 0.4) is 0 Å². The summed E-state index contributed by atoms with van der Waals surface area (Å²) in [5.74, 6) is 0.298. The number of aryl methyl sites for hydroxylation is 1. The van der Waals surface area contributed by atoms with Crippen LogP contribution in [0.2, 0.25) is 0 Å². The Morgan fingerprint density at radius 2 is 1.22 bits per heavy atom.